The molecule has 4 fully saturated rings. The van der Waals surface area contributed by atoms with Crippen molar-refractivity contribution in [1.82, 2.24) is 9.88 Å². The monoisotopic (exact) mass is 487 g/mol. The van der Waals surface area contributed by atoms with Gasteiger partial charge in [-0.1, -0.05) is 11.6 Å². The summed E-state index contributed by atoms with van der Waals surface area (Å²) in [4.78, 5) is 19.5. The largest absolute Gasteiger partial charge is 0.381 e. The molecule has 4 atom stereocenters. The summed E-state index contributed by atoms with van der Waals surface area (Å²) in [6.07, 6.45) is 4.55. The molecular formula is C26H31ClFN3O3. The Balaban J connectivity index is 1.16. The lowest BCUT2D eigenvalue weighted by molar-refractivity contribution is -0.118. The molecule has 6 rings (SSSR count). The summed E-state index contributed by atoms with van der Waals surface area (Å²) in [5, 5.41) is 5.72. The fourth-order valence-electron chi connectivity index (χ4n) is 6.18. The van der Waals surface area contributed by atoms with E-state index in [4.69, 9.17) is 21.1 Å². The van der Waals surface area contributed by atoms with Gasteiger partial charge < -0.3 is 14.8 Å². The number of hydrogen-bond acceptors (Lipinski definition) is 5. The van der Waals surface area contributed by atoms with Gasteiger partial charge in [-0.05, 0) is 80.8 Å². The molecule has 182 valence electrons. The van der Waals surface area contributed by atoms with Gasteiger partial charge in [0.05, 0.1) is 25.4 Å². The van der Waals surface area contributed by atoms with Crippen LogP contribution in [0, 0.1) is 11.3 Å². The summed E-state index contributed by atoms with van der Waals surface area (Å²) in [6, 6.07) is 6.04. The number of halogens is 2. The van der Waals surface area contributed by atoms with Gasteiger partial charge >= 0.3 is 0 Å². The number of carbonyl (C=O) groups excluding carboxylic acids is 1. The molecule has 1 saturated carbocycles. The fraction of sp³-hybridized carbons (Fsp3) is 0.615. The van der Waals surface area contributed by atoms with Gasteiger partial charge in [0.15, 0.2) is 0 Å². The van der Waals surface area contributed by atoms with Crippen LogP contribution < -0.4 is 5.32 Å². The quantitative estimate of drug-likeness (QED) is 0.685. The fourth-order valence-corrected chi connectivity index (χ4v) is 6.51. The molecule has 8 heteroatoms. The van der Waals surface area contributed by atoms with Crippen LogP contribution in [0.1, 0.15) is 44.1 Å². The molecule has 6 nitrogen and oxygen atoms in total. The molecule has 1 aromatic carbocycles. The van der Waals surface area contributed by atoms with Crippen LogP contribution >= 0.6 is 11.6 Å². The van der Waals surface area contributed by atoms with E-state index < -0.39 is 11.7 Å². The van der Waals surface area contributed by atoms with E-state index >= 15 is 0 Å². The third kappa shape index (κ3) is 3.81. The van der Waals surface area contributed by atoms with Crippen molar-refractivity contribution in [3.63, 3.8) is 0 Å². The first-order valence-corrected chi connectivity index (χ1v) is 12.7. The standard InChI is InChI=1S/C26H31ClFN3O3/c1-25(14-34-13-22(25)28)31-5-2-16(3-6-31)19-8-17-10-23(29-12-18(17)9-21(19)27)30-24(32)20-11-26(20)4-7-33-15-26/h8-10,12,16,20,22H,2-7,11,13-15H2,1H3,(H,29,30,32)/t20-,22-,25+,26?/m0/s1. The first-order valence-electron chi connectivity index (χ1n) is 12.3. The van der Waals surface area contributed by atoms with E-state index in [-0.39, 0.29) is 23.8 Å². The van der Waals surface area contributed by atoms with Crippen molar-refractivity contribution in [3.8, 4) is 0 Å². The molecule has 2 aromatic rings. The van der Waals surface area contributed by atoms with Crippen LogP contribution in [-0.2, 0) is 14.3 Å². The molecule has 1 aliphatic carbocycles. The Morgan fingerprint density at radius 3 is 2.74 bits per heavy atom. The maximum Gasteiger partial charge on any atom is 0.229 e. The van der Waals surface area contributed by atoms with Crippen LogP contribution in [0.4, 0.5) is 10.2 Å². The van der Waals surface area contributed by atoms with E-state index in [9.17, 15) is 9.18 Å². The van der Waals surface area contributed by atoms with Crippen molar-refractivity contribution in [2.75, 3.05) is 44.8 Å². The summed E-state index contributed by atoms with van der Waals surface area (Å²) in [5.74, 6) is 0.950. The molecule has 1 spiro atoms. The van der Waals surface area contributed by atoms with Crippen LogP contribution in [0.5, 0.6) is 0 Å². The van der Waals surface area contributed by atoms with Gasteiger partial charge in [0.1, 0.15) is 12.0 Å². The molecule has 0 radical (unpaired) electrons. The minimum absolute atomic E-state index is 0.0227. The maximum absolute atomic E-state index is 14.5. The van der Waals surface area contributed by atoms with Crippen LogP contribution in [-0.4, -0.2) is 67.0 Å². The van der Waals surface area contributed by atoms with Crippen molar-refractivity contribution in [1.29, 1.82) is 0 Å². The number of amides is 1. The zero-order valence-electron chi connectivity index (χ0n) is 19.5. The number of fused-ring (bicyclic) bond motifs is 1. The van der Waals surface area contributed by atoms with Crippen LogP contribution in [0.2, 0.25) is 5.02 Å². The summed E-state index contributed by atoms with van der Waals surface area (Å²) in [5.41, 5.74) is 0.647. The number of nitrogens with zero attached hydrogens (tertiary/aromatic N) is 2. The lowest BCUT2D eigenvalue weighted by Gasteiger charge is -2.43. The summed E-state index contributed by atoms with van der Waals surface area (Å²) >= 11 is 6.69. The van der Waals surface area contributed by atoms with E-state index in [1.54, 1.807) is 6.20 Å². The minimum atomic E-state index is -0.943. The van der Waals surface area contributed by atoms with E-state index in [0.717, 1.165) is 66.7 Å². The summed E-state index contributed by atoms with van der Waals surface area (Å²) in [7, 11) is 0. The number of benzene rings is 1. The molecule has 4 aliphatic rings. The molecule has 1 amide bonds. The summed E-state index contributed by atoms with van der Waals surface area (Å²) < 4.78 is 25.4. The Morgan fingerprint density at radius 2 is 2.03 bits per heavy atom. The van der Waals surface area contributed by atoms with Crippen molar-refractivity contribution in [2.45, 2.75) is 50.2 Å². The first kappa shape index (κ1) is 22.7. The third-order valence-electron chi connectivity index (χ3n) is 8.72. The number of ether oxygens (including phenoxy) is 2. The Hall–Kier alpha value is -1.80. The highest BCUT2D eigenvalue weighted by Crippen LogP contribution is 2.58. The normalized spacial score (nSPS) is 34.2. The maximum atomic E-state index is 14.5. The smallest absolute Gasteiger partial charge is 0.229 e. The Bertz CT molecular complexity index is 1120. The van der Waals surface area contributed by atoms with E-state index in [2.05, 4.69) is 21.3 Å². The second kappa shape index (κ2) is 8.40. The molecule has 1 aromatic heterocycles. The number of rotatable bonds is 4. The molecule has 1 unspecified atom stereocenters. The highest BCUT2D eigenvalue weighted by atomic mass is 35.5. The van der Waals surface area contributed by atoms with E-state index in [1.165, 1.54) is 0 Å². The van der Waals surface area contributed by atoms with Gasteiger partial charge in [-0.25, -0.2) is 9.37 Å². The number of hydrogen-bond donors (Lipinski definition) is 1. The van der Waals surface area contributed by atoms with Crippen LogP contribution in [0.25, 0.3) is 10.8 Å². The van der Waals surface area contributed by atoms with Crippen molar-refractivity contribution >= 4 is 34.1 Å². The van der Waals surface area contributed by atoms with Gasteiger partial charge in [-0.3, -0.25) is 9.69 Å². The average Bonchev–Trinajstić information content (AvgIpc) is 3.14. The topological polar surface area (TPSA) is 63.7 Å². The number of pyridine rings is 1. The molecule has 3 saturated heterocycles. The predicted octanol–water partition coefficient (Wildman–Crippen LogP) is 4.56. The number of alkyl halides is 1. The highest BCUT2D eigenvalue weighted by molar-refractivity contribution is 6.32. The lowest BCUT2D eigenvalue weighted by Crippen LogP contribution is -2.55. The zero-order valence-corrected chi connectivity index (χ0v) is 20.2. The number of likely N-dealkylation sites (tertiary alicyclic amines) is 1. The average molecular weight is 488 g/mol. The van der Waals surface area contributed by atoms with Crippen LogP contribution in [0.3, 0.4) is 0 Å². The van der Waals surface area contributed by atoms with Crippen molar-refractivity contribution in [3.05, 3.63) is 35.0 Å². The van der Waals surface area contributed by atoms with Crippen molar-refractivity contribution < 1.29 is 18.7 Å². The molecule has 4 heterocycles. The highest BCUT2D eigenvalue weighted by Gasteiger charge is 2.59. The molecule has 3 aliphatic heterocycles. The molecule has 34 heavy (non-hydrogen) atoms. The van der Waals surface area contributed by atoms with Gasteiger partial charge in [-0.2, -0.15) is 0 Å². The molecule has 0 bridgehead atoms. The van der Waals surface area contributed by atoms with Gasteiger partial charge in [0, 0.05) is 34.5 Å². The Morgan fingerprint density at radius 1 is 1.21 bits per heavy atom. The second-order valence-corrected chi connectivity index (χ2v) is 11.2. The Labute approximate surface area is 204 Å². The van der Waals surface area contributed by atoms with E-state index in [0.29, 0.717) is 24.9 Å². The number of aromatic nitrogens is 1. The lowest BCUT2D eigenvalue weighted by atomic mass is 9.85. The van der Waals surface area contributed by atoms with Gasteiger partial charge in [0.25, 0.3) is 0 Å². The van der Waals surface area contributed by atoms with Gasteiger partial charge in [0.2, 0.25) is 5.91 Å². The predicted molar refractivity (Wildman–Crippen MR) is 129 cm³/mol. The SMILES string of the molecule is C[C@@]1(N2CCC(c3cc4cc(NC(=O)[C@@H]5CC56CCOC6)ncc4cc3Cl)CC2)COC[C@@H]1F. The number of nitrogens with one attached hydrogen (secondary N) is 1. The first-order chi connectivity index (χ1) is 16.4. The molecular weight excluding hydrogens is 457 g/mol. The number of anilines is 1. The van der Waals surface area contributed by atoms with Crippen molar-refractivity contribution in [2.24, 2.45) is 11.3 Å². The zero-order chi connectivity index (χ0) is 23.5. The summed E-state index contributed by atoms with van der Waals surface area (Å²) in [6.45, 7) is 5.70. The molecule has 1 N–H and O–H groups in total. The Kier molecular flexibility index (Phi) is 5.60. The van der Waals surface area contributed by atoms with Gasteiger partial charge in [-0.15, -0.1) is 0 Å². The minimum Gasteiger partial charge on any atom is -0.381 e. The second-order valence-electron chi connectivity index (χ2n) is 10.8. The third-order valence-corrected chi connectivity index (χ3v) is 9.05. The van der Waals surface area contributed by atoms with E-state index in [1.807, 2.05) is 19.1 Å². The number of carbonyl (C=O) groups is 1. The van der Waals surface area contributed by atoms with Crippen LogP contribution in [0.15, 0.2) is 24.4 Å². The number of piperidine rings is 1.